The molecule has 3 aromatic rings. The summed E-state index contributed by atoms with van der Waals surface area (Å²) in [5.74, 6) is -0.559. The topological polar surface area (TPSA) is 111 Å². The van der Waals surface area contributed by atoms with E-state index in [1.165, 1.54) is 70.8 Å². The number of thiophene rings is 1. The van der Waals surface area contributed by atoms with Crippen LogP contribution in [-0.2, 0) is 14.8 Å². The molecule has 0 radical (unpaired) electrons. The van der Waals surface area contributed by atoms with Crippen molar-refractivity contribution in [1.29, 1.82) is 0 Å². The molecule has 0 fully saturated rings. The number of anilines is 2. The maximum Gasteiger partial charge on any atom is 0.340 e. The van der Waals surface area contributed by atoms with Crippen LogP contribution in [0.4, 0.5) is 11.4 Å². The molecule has 33 heavy (non-hydrogen) atoms. The molecule has 0 atom stereocenters. The molecule has 2 aromatic carbocycles. The number of rotatable bonds is 8. The summed E-state index contributed by atoms with van der Waals surface area (Å²) >= 11 is 1.12. The molecule has 1 aromatic heterocycles. The molecule has 1 N–H and O–H groups in total. The number of benzene rings is 2. The number of nitrogens with one attached hydrogen (secondary N) is 1. The quantitative estimate of drug-likeness (QED) is 0.480. The highest BCUT2D eigenvalue weighted by atomic mass is 32.2. The monoisotopic (exact) mass is 490 g/mol. The van der Waals surface area contributed by atoms with Gasteiger partial charge in [0.1, 0.15) is 4.21 Å². The van der Waals surface area contributed by atoms with Gasteiger partial charge in [0.2, 0.25) is 0 Å². The zero-order valence-electron chi connectivity index (χ0n) is 18.3. The summed E-state index contributed by atoms with van der Waals surface area (Å²) in [7, 11) is 1.83. The Morgan fingerprint density at radius 1 is 0.970 bits per heavy atom. The largest absolute Gasteiger partial charge is 0.493 e. The summed E-state index contributed by atoms with van der Waals surface area (Å²) in [6, 6.07) is 12.1. The maximum atomic E-state index is 12.8. The summed E-state index contributed by atoms with van der Waals surface area (Å²) in [5.41, 5.74) is 0.903. The summed E-state index contributed by atoms with van der Waals surface area (Å²) in [6.45, 7) is 0. The number of amides is 1. The van der Waals surface area contributed by atoms with E-state index in [9.17, 15) is 18.0 Å². The Kier molecular flexibility index (Phi) is 7.24. The van der Waals surface area contributed by atoms with Gasteiger partial charge in [-0.15, -0.1) is 11.3 Å². The lowest BCUT2D eigenvalue weighted by Crippen LogP contribution is -2.25. The standard InChI is InChI=1S/C22H22N2O7S2/c1-24(33(27,28)20-6-5-11-32-20)15-9-7-14(8-10-15)21(25)23-17-13-19(30-3)18(29-2)12-16(17)22(26)31-4/h5-13H,1-4H3,(H,23,25). The van der Waals surface area contributed by atoms with Gasteiger partial charge >= 0.3 is 5.97 Å². The molecule has 0 aliphatic rings. The molecule has 3 rings (SSSR count). The first kappa shape index (κ1) is 24.1. The third-order valence-electron chi connectivity index (χ3n) is 4.78. The number of hydrogen-bond donors (Lipinski definition) is 1. The van der Waals surface area contributed by atoms with E-state index in [1.54, 1.807) is 11.4 Å². The molecule has 0 saturated heterocycles. The highest BCUT2D eigenvalue weighted by Gasteiger charge is 2.23. The van der Waals surface area contributed by atoms with Gasteiger partial charge in [0, 0.05) is 24.7 Å². The van der Waals surface area contributed by atoms with Crippen molar-refractivity contribution >= 4 is 44.6 Å². The van der Waals surface area contributed by atoms with E-state index in [0.29, 0.717) is 17.2 Å². The smallest absolute Gasteiger partial charge is 0.340 e. The van der Waals surface area contributed by atoms with Crippen molar-refractivity contribution < 1.29 is 32.2 Å². The van der Waals surface area contributed by atoms with E-state index in [2.05, 4.69) is 5.32 Å². The highest BCUT2D eigenvalue weighted by Crippen LogP contribution is 2.34. The third-order valence-corrected chi connectivity index (χ3v) is 7.94. The zero-order chi connectivity index (χ0) is 24.2. The van der Waals surface area contributed by atoms with Gasteiger partial charge in [-0.1, -0.05) is 6.07 Å². The number of methoxy groups -OCH3 is 3. The van der Waals surface area contributed by atoms with Gasteiger partial charge in [-0.3, -0.25) is 9.10 Å². The van der Waals surface area contributed by atoms with Gasteiger partial charge in [-0.2, -0.15) is 0 Å². The lowest BCUT2D eigenvalue weighted by molar-refractivity contribution is 0.0601. The van der Waals surface area contributed by atoms with Crippen LogP contribution in [0.3, 0.4) is 0 Å². The van der Waals surface area contributed by atoms with Crippen LogP contribution in [0.15, 0.2) is 58.1 Å². The molecule has 1 heterocycles. The van der Waals surface area contributed by atoms with Crippen LogP contribution in [-0.4, -0.2) is 48.7 Å². The van der Waals surface area contributed by atoms with E-state index >= 15 is 0 Å². The van der Waals surface area contributed by atoms with Gasteiger partial charge in [0.25, 0.3) is 15.9 Å². The Morgan fingerprint density at radius 2 is 1.61 bits per heavy atom. The molecular formula is C22H22N2O7S2. The Morgan fingerprint density at radius 3 is 2.15 bits per heavy atom. The molecule has 174 valence electrons. The van der Waals surface area contributed by atoms with Gasteiger partial charge < -0.3 is 19.5 Å². The van der Waals surface area contributed by atoms with Crippen molar-refractivity contribution in [3.63, 3.8) is 0 Å². The predicted octanol–water partition coefficient (Wildman–Crippen LogP) is 3.63. The summed E-state index contributed by atoms with van der Waals surface area (Å²) < 4.78 is 42.0. The number of sulfonamides is 1. The van der Waals surface area contributed by atoms with Crippen molar-refractivity contribution in [3.05, 3.63) is 65.0 Å². The molecule has 0 aliphatic heterocycles. The molecule has 0 saturated carbocycles. The fraction of sp³-hybridized carbons (Fsp3) is 0.182. The lowest BCUT2D eigenvalue weighted by atomic mass is 10.1. The summed E-state index contributed by atoms with van der Waals surface area (Å²) in [4.78, 5) is 25.0. The number of esters is 1. The van der Waals surface area contributed by atoms with Crippen LogP contribution < -0.4 is 19.1 Å². The minimum Gasteiger partial charge on any atom is -0.493 e. The summed E-state index contributed by atoms with van der Waals surface area (Å²) in [5, 5.41) is 4.35. The average molecular weight is 491 g/mol. The van der Waals surface area contributed by atoms with Crippen LogP contribution in [0.5, 0.6) is 11.5 Å². The number of carbonyl (C=O) groups excluding carboxylic acids is 2. The van der Waals surface area contributed by atoms with Crippen molar-refractivity contribution in [2.45, 2.75) is 4.21 Å². The normalized spacial score (nSPS) is 10.9. The molecular weight excluding hydrogens is 468 g/mol. The molecule has 1 amide bonds. The first-order chi connectivity index (χ1) is 15.7. The van der Waals surface area contributed by atoms with Crippen molar-refractivity contribution in [3.8, 4) is 11.5 Å². The van der Waals surface area contributed by atoms with E-state index in [1.807, 2.05) is 0 Å². The van der Waals surface area contributed by atoms with Gasteiger partial charge in [-0.05, 0) is 35.7 Å². The van der Waals surface area contributed by atoms with Crippen LogP contribution in [0, 0.1) is 0 Å². The SMILES string of the molecule is COC(=O)c1cc(OC)c(OC)cc1NC(=O)c1ccc(N(C)S(=O)(=O)c2cccs2)cc1. The average Bonchev–Trinajstić information content (AvgIpc) is 3.38. The van der Waals surface area contributed by atoms with Gasteiger partial charge in [0.15, 0.2) is 11.5 Å². The van der Waals surface area contributed by atoms with Gasteiger partial charge in [0.05, 0.1) is 38.3 Å². The van der Waals surface area contributed by atoms with E-state index in [0.717, 1.165) is 15.6 Å². The second-order valence-electron chi connectivity index (χ2n) is 6.65. The Bertz CT molecular complexity index is 1250. The molecule has 0 unspecified atom stereocenters. The number of carbonyl (C=O) groups is 2. The Labute approximate surface area is 195 Å². The summed E-state index contributed by atoms with van der Waals surface area (Å²) in [6.07, 6.45) is 0. The Balaban J connectivity index is 1.86. The van der Waals surface area contributed by atoms with Crippen molar-refractivity contribution in [1.82, 2.24) is 0 Å². The lowest BCUT2D eigenvalue weighted by Gasteiger charge is -2.19. The fourth-order valence-corrected chi connectivity index (χ4v) is 5.32. The van der Waals surface area contributed by atoms with Crippen LogP contribution in [0.2, 0.25) is 0 Å². The van der Waals surface area contributed by atoms with E-state index in [-0.39, 0.29) is 21.0 Å². The van der Waals surface area contributed by atoms with Crippen LogP contribution >= 0.6 is 11.3 Å². The first-order valence-corrected chi connectivity index (χ1v) is 11.8. The third kappa shape index (κ3) is 4.94. The molecule has 0 spiro atoms. The van der Waals surface area contributed by atoms with E-state index < -0.39 is 21.9 Å². The molecule has 0 aliphatic carbocycles. The number of hydrogen-bond acceptors (Lipinski definition) is 8. The number of ether oxygens (including phenoxy) is 3. The van der Waals surface area contributed by atoms with Crippen LogP contribution in [0.1, 0.15) is 20.7 Å². The first-order valence-electron chi connectivity index (χ1n) is 9.51. The Hall–Kier alpha value is -3.57. The van der Waals surface area contributed by atoms with Crippen LogP contribution in [0.25, 0.3) is 0 Å². The van der Waals surface area contributed by atoms with E-state index in [4.69, 9.17) is 14.2 Å². The molecule has 0 bridgehead atoms. The predicted molar refractivity (Wildman–Crippen MR) is 125 cm³/mol. The highest BCUT2D eigenvalue weighted by molar-refractivity contribution is 7.94. The zero-order valence-corrected chi connectivity index (χ0v) is 20.0. The molecule has 11 heteroatoms. The minimum absolute atomic E-state index is 0.0851. The van der Waals surface area contributed by atoms with Crippen molar-refractivity contribution in [2.75, 3.05) is 38.0 Å². The van der Waals surface area contributed by atoms with Gasteiger partial charge in [-0.25, -0.2) is 13.2 Å². The second-order valence-corrected chi connectivity index (χ2v) is 9.79. The maximum absolute atomic E-state index is 12.8. The fourth-order valence-electron chi connectivity index (χ4n) is 2.96. The minimum atomic E-state index is -3.69. The second kappa shape index (κ2) is 9.92. The van der Waals surface area contributed by atoms with Crippen molar-refractivity contribution in [2.24, 2.45) is 0 Å². The number of nitrogens with zero attached hydrogens (tertiary/aromatic N) is 1. The molecule has 9 nitrogen and oxygen atoms in total.